The fourth-order valence-electron chi connectivity index (χ4n) is 4.16. The van der Waals surface area contributed by atoms with Crippen molar-refractivity contribution in [2.24, 2.45) is 5.92 Å². The molecule has 0 spiro atoms. The van der Waals surface area contributed by atoms with E-state index in [0.29, 0.717) is 11.8 Å². The third-order valence-corrected chi connectivity index (χ3v) is 7.01. The highest BCUT2D eigenvalue weighted by Gasteiger charge is 2.22. The highest BCUT2D eigenvalue weighted by molar-refractivity contribution is 7.19. The smallest absolute Gasteiger partial charge is 0.123 e. The molecule has 3 aromatic rings. The van der Waals surface area contributed by atoms with Crippen molar-refractivity contribution in [2.45, 2.75) is 51.4 Å². The van der Waals surface area contributed by atoms with Crippen LogP contribution in [-0.4, -0.2) is 0 Å². The molecule has 1 aliphatic rings. The van der Waals surface area contributed by atoms with Crippen LogP contribution in [0.5, 0.6) is 0 Å². The normalized spacial score (nSPS) is 20.5. The fourth-order valence-corrected chi connectivity index (χ4v) is 5.46. The molecule has 1 fully saturated rings. The number of aryl methyl sites for hydroxylation is 1. The molecule has 0 atom stereocenters. The van der Waals surface area contributed by atoms with Gasteiger partial charge in [0.1, 0.15) is 5.82 Å². The van der Waals surface area contributed by atoms with E-state index >= 15 is 0 Å². The Balaban J connectivity index is 1.38. The number of benzene rings is 2. The lowest BCUT2D eigenvalue weighted by molar-refractivity contribution is 0.380. The first-order valence-electron chi connectivity index (χ1n) is 10.2. The van der Waals surface area contributed by atoms with Gasteiger partial charge in [0.25, 0.3) is 0 Å². The van der Waals surface area contributed by atoms with Crippen molar-refractivity contribution in [3.8, 4) is 0 Å². The van der Waals surface area contributed by atoms with Crippen LogP contribution in [0.2, 0.25) is 0 Å². The van der Waals surface area contributed by atoms with Gasteiger partial charge in [0.2, 0.25) is 0 Å². The molecule has 0 bridgehead atoms. The third-order valence-electron chi connectivity index (χ3n) is 5.75. The van der Waals surface area contributed by atoms with E-state index < -0.39 is 0 Å². The summed E-state index contributed by atoms with van der Waals surface area (Å²) in [5, 5.41) is 1.41. The predicted octanol–water partition coefficient (Wildman–Crippen LogP) is 7.98. The van der Waals surface area contributed by atoms with Crippen LogP contribution < -0.4 is 0 Å². The van der Waals surface area contributed by atoms with Gasteiger partial charge < -0.3 is 0 Å². The third kappa shape index (κ3) is 4.50. The first kappa shape index (κ1) is 18.4. The minimum absolute atomic E-state index is 0.169. The van der Waals surface area contributed by atoms with Crippen molar-refractivity contribution in [1.82, 2.24) is 0 Å². The van der Waals surface area contributed by atoms with Gasteiger partial charge in [-0.25, -0.2) is 4.39 Å². The van der Waals surface area contributed by atoms with E-state index in [1.807, 2.05) is 23.5 Å². The van der Waals surface area contributed by atoms with Gasteiger partial charge in [-0.2, -0.15) is 0 Å². The van der Waals surface area contributed by atoms with E-state index in [4.69, 9.17) is 0 Å². The number of thiophene rings is 1. The molecule has 1 heterocycles. The Morgan fingerprint density at radius 3 is 2.52 bits per heavy atom. The number of hydrogen-bond acceptors (Lipinski definition) is 1. The molecule has 0 aliphatic heterocycles. The van der Waals surface area contributed by atoms with Crippen molar-refractivity contribution < 1.29 is 4.39 Å². The van der Waals surface area contributed by atoms with Gasteiger partial charge in [0, 0.05) is 9.58 Å². The maximum absolute atomic E-state index is 13.0. The van der Waals surface area contributed by atoms with Gasteiger partial charge in [0.15, 0.2) is 0 Å². The lowest BCUT2D eigenvalue weighted by atomic mass is 9.81. The molecular formula is C25H27FS. The summed E-state index contributed by atoms with van der Waals surface area (Å²) in [6.07, 6.45) is 11.9. The SMILES string of the molecule is CCCc1ccc2cc(C3CCC(/C=C/c4ccc(F)cc4)CC3)sc2c1. The number of rotatable bonds is 5. The minimum Gasteiger partial charge on any atom is -0.207 e. The Morgan fingerprint density at radius 1 is 1.00 bits per heavy atom. The molecule has 2 aromatic carbocycles. The van der Waals surface area contributed by atoms with Gasteiger partial charge in [-0.15, -0.1) is 11.3 Å². The molecule has 0 amide bonds. The maximum atomic E-state index is 13.0. The second-order valence-electron chi connectivity index (χ2n) is 7.79. The summed E-state index contributed by atoms with van der Waals surface area (Å²) < 4.78 is 14.5. The maximum Gasteiger partial charge on any atom is 0.123 e. The zero-order valence-corrected chi connectivity index (χ0v) is 16.8. The Hall–Kier alpha value is -1.93. The van der Waals surface area contributed by atoms with Crippen molar-refractivity contribution >= 4 is 27.5 Å². The number of halogens is 1. The van der Waals surface area contributed by atoms with Crippen LogP contribution in [0.1, 0.15) is 60.9 Å². The Bertz CT molecular complexity index is 911. The van der Waals surface area contributed by atoms with Crippen LogP contribution in [0.25, 0.3) is 16.2 Å². The lowest BCUT2D eigenvalue weighted by Crippen LogP contribution is -2.10. The van der Waals surface area contributed by atoms with Crippen LogP contribution in [0, 0.1) is 11.7 Å². The summed E-state index contributed by atoms with van der Waals surface area (Å²) in [6, 6.07) is 16.2. The van der Waals surface area contributed by atoms with Crippen molar-refractivity contribution in [3.05, 3.63) is 76.4 Å². The number of allylic oxidation sites excluding steroid dienone is 1. The quantitative estimate of drug-likeness (QED) is 0.422. The average Bonchev–Trinajstić information content (AvgIpc) is 3.12. The molecule has 1 saturated carbocycles. The van der Waals surface area contributed by atoms with E-state index in [1.54, 1.807) is 4.88 Å². The van der Waals surface area contributed by atoms with E-state index in [2.05, 4.69) is 43.3 Å². The molecule has 2 heteroatoms. The fraction of sp³-hybridized carbons (Fsp3) is 0.360. The van der Waals surface area contributed by atoms with Crippen LogP contribution in [0.3, 0.4) is 0 Å². The second-order valence-corrected chi connectivity index (χ2v) is 8.91. The van der Waals surface area contributed by atoms with Crippen LogP contribution >= 0.6 is 11.3 Å². The molecule has 1 aliphatic carbocycles. The molecular weight excluding hydrogens is 351 g/mol. The van der Waals surface area contributed by atoms with Gasteiger partial charge in [0.05, 0.1) is 0 Å². The lowest BCUT2D eigenvalue weighted by Gasteiger charge is -2.26. The number of hydrogen-bond donors (Lipinski definition) is 0. The molecule has 140 valence electrons. The molecule has 1 aromatic heterocycles. The van der Waals surface area contributed by atoms with E-state index in [-0.39, 0.29) is 5.82 Å². The van der Waals surface area contributed by atoms with Crippen molar-refractivity contribution in [2.75, 3.05) is 0 Å². The molecule has 0 N–H and O–H groups in total. The largest absolute Gasteiger partial charge is 0.207 e. The molecule has 0 radical (unpaired) electrons. The standard InChI is InChI=1S/C25H27FS/c1-2-3-20-8-13-22-17-25(27-24(22)16-20)21-11-6-18(7-12-21)4-5-19-9-14-23(26)15-10-19/h4-5,8-10,13-18,21H,2-3,6-7,11-12H2,1H3/b5-4+. The minimum atomic E-state index is -0.169. The van der Waals surface area contributed by atoms with E-state index in [0.717, 1.165) is 5.56 Å². The van der Waals surface area contributed by atoms with Crippen LogP contribution in [0.15, 0.2) is 54.6 Å². The molecule has 0 nitrogen and oxygen atoms in total. The zero-order chi connectivity index (χ0) is 18.6. The highest BCUT2D eigenvalue weighted by Crippen LogP contribution is 2.41. The van der Waals surface area contributed by atoms with E-state index in [1.165, 1.54) is 66.3 Å². The topological polar surface area (TPSA) is 0 Å². The summed E-state index contributed by atoms with van der Waals surface area (Å²) in [5.41, 5.74) is 2.55. The van der Waals surface area contributed by atoms with Crippen LogP contribution in [0.4, 0.5) is 4.39 Å². The first-order chi connectivity index (χ1) is 13.2. The number of fused-ring (bicyclic) bond motifs is 1. The Kier molecular flexibility index (Phi) is 5.73. The van der Waals surface area contributed by atoms with Crippen molar-refractivity contribution in [3.63, 3.8) is 0 Å². The Morgan fingerprint density at radius 2 is 1.78 bits per heavy atom. The van der Waals surface area contributed by atoms with Gasteiger partial charge in [-0.1, -0.05) is 49.8 Å². The monoisotopic (exact) mass is 378 g/mol. The summed E-state index contributed by atoms with van der Waals surface area (Å²) in [4.78, 5) is 1.57. The molecule has 27 heavy (non-hydrogen) atoms. The van der Waals surface area contributed by atoms with Crippen molar-refractivity contribution in [1.29, 1.82) is 0 Å². The summed E-state index contributed by atoms with van der Waals surface area (Å²) in [7, 11) is 0. The van der Waals surface area contributed by atoms with Gasteiger partial charge >= 0.3 is 0 Å². The Labute approximate surface area is 165 Å². The average molecular weight is 379 g/mol. The molecule has 0 unspecified atom stereocenters. The highest BCUT2D eigenvalue weighted by atomic mass is 32.1. The summed E-state index contributed by atoms with van der Waals surface area (Å²) >= 11 is 2.00. The predicted molar refractivity (Wildman–Crippen MR) is 116 cm³/mol. The van der Waals surface area contributed by atoms with Crippen LogP contribution in [-0.2, 0) is 6.42 Å². The molecule has 0 saturated heterocycles. The second kappa shape index (κ2) is 8.39. The van der Waals surface area contributed by atoms with E-state index in [9.17, 15) is 4.39 Å². The van der Waals surface area contributed by atoms with Gasteiger partial charge in [-0.05, 0) is 84.7 Å². The van der Waals surface area contributed by atoms with Gasteiger partial charge in [-0.3, -0.25) is 0 Å². The summed E-state index contributed by atoms with van der Waals surface area (Å²) in [6.45, 7) is 2.24. The summed E-state index contributed by atoms with van der Waals surface area (Å²) in [5.74, 6) is 1.20. The molecule has 4 rings (SSSR count). The zero-order valence-electron chi connectivity index (χ0n) is 16.0. The first-order valence-corrected chi connectivity index (χ1v) is 11.0.